The van der Waals surface area contributed by atoms with Gasteiger partial charge in [0.1, 0.15) is 5.82 Å². The molecule has 0 unspecified atom stereocenters. The second-order valence-corrected chi connectivity index (χ2v) is 6.22. The molecular weight excluding hydrogens is 324 g/mol. The van der Waals surface area contributed by atoms with Crippen molar-refractivity contribution in [3.63, 3.8) is 0 Å². The number of carboxylic acids is 1. The number of aryl methyl sites for hydroxylation is 1. The molecular formula is C19H19ClN2O2. The average molecular weight is 343 g/mol. The fourth-order valence-electron chi connectivity index (χ4n) is 2.81. The summed E-state index contributed by atoms with van der Waals surface area (Å²) in [5.41, 5.74) is 2.93. The van der Waals surface area contributed by atoms with Gasteiger partial charge >= 0.3 is 5.97 Å². The zero-order chi connectivity index (χ0) is 17.1. The molecule has 0 aliphatic carbocycles. The van der Waals surface area contributed by atoms with E-state index in [2.05, 4.69) is 16.5 Å². The third-order valence-corrected chi connectivity index (χ3v) is 4.48. The summed E-state index contributed by atoms with van der Waals surface area (Å²) < 4.78 is 2.14. The number of hydrogen-bond acceptors (Lipinski definition) is 2. The number of fused-ring (bicyclic) bond motifs is 1. The Labute approximate surface area is 145 Å². The van der Waals surface area contributed by atoms with Crippen molar-refractivity contribution >= 4 is 28.6 Å². The number of benzene rings is 2. The van der Waals surface area contributed by atoms with Gasteiger partial charge < -0.3 is 9.67 Å². The number of unbranched alkanes of at least 4 members (excludes halogenated alkanes) is 1. The lowest BCUT2D eigenvalue weighted by Gasteiger charge is -2.10. The number of carboxylic acid groups (broad SMARTS) is 1. The molecule has 0 aliphatic rings. The number of aromatic carboxylic acids is 1. The van der Waals surface area contributed by atoms with Gasteiger partial charge in [-0.05, 0) is 36.2 Å². The Kier molecular flexibility index (Phi) is 4.86. The topological polar surface area (TPSA) is 55.1 Å². The first-order valence-corrected chi connectivity index (χ1v) is 8.43. The summed E-state index contributed by atoms with van der Waals surface area (Å²) >= 11 is 6.30. The molecule has 1 heterocycles. The molecule has 2 aromatic carbocycles. The number of aromatic nitrogens is 2. The lowest BCUT2D eigenvalue weighted by Crippen LogP contribution is -2.06. The van der Waals surface area contributed by atoms with Crippen LogP contribution in [0, 0.1) is 0 Å². The van der Waals surface area contributed by atoms with Gasteiger partial charge in [-0.3, -0.25) is 0 Å². The van der Waals surface area contributed by atoms with Crippen LogP contribution in [0.3, 0.4) is 0 Å². The van der Waals surface area contributed by atoms with Crippen LogP contribution in [0.4, 0.5) is 0 Å². The maximum atomic E-state index is 11.2. The van der Waals surface area contributed by atoms with Gasteiger partial charge in [0.15, 0.2) is 0 Å². The Balaban J connectivity index is 2.08. The molecule has 3 aromatic rings. The molecule has 0 bridgehead atoms. The predicted molar refractivity (Wildman–Crippen MR) is 95.9 cm³/mol. The highest BCUT2D eigenvalue weighted by molar-refractivity contribution is 6.31. The van der Waals surface area contributed by atoms with Crippen molar-refractivity contribution in [1.29, 1.82) is 0 Å². The lowest BCUT2D eigenvalue weighted by atomic mass is 10.2. The van der Waals surface area contributed by atoms with Crippen LogP contribution in [0.15, 0.2) is 42.5 Å². The standard InChI is InChI=1S/C19H19ClN2O2/c1-2-3-8-18-21-16-11-13(19(23)24)9-10-17(16)22(18)12-14-6-4-5-7-15(14)20/h4-7,9-11H,2-3,8,12H2,1H3,(H,23,24). The van der Waals surface area contributed by atoms with E-state index in [9.17, 15) is 9.90 Å². The predicted octanol–water partition coefficient (Wildman–Crippen LogP) is 4.78. The first-order valence-electron chi connectivity index (χ1n) is 8.06. The molecule has 0 saturated carbocycles. The van der Waals surface area contributed by atoms with Crippen LogP contribution in [-0.2, 0) is 13.0 Å². The first-order chi connectivity index (χ1) is 11.6. The SMILES string of the molecule is CCCCc1nc2cc(C(=O)O)ccc2n1Cc1ccccc1Cl. The van der Waals surface area contributed by atoms with Gasteiger partial charge in [-0.1, -0.05) is 43.1 Å². The van der Waals surface area contributed by atoms with Gasteiger partial charge in [0.25, 0.3) is 0 Å². The van der Waals surface area contributed by atoms with Crippen molar-refractivity contribution in [2.24, 2.45) is 0 Å². The van der Waals surface area contributed by atoms with E-state index in [0.29, 0.717) is 12.1 Å². The Hall–Kier alpha value is -2.33. The van der Waals surface area contributed by atoms with E-state index >= 15 is 0 Å². The van der Waals surface area contributed by atoms with Gasteiger partial charge in [0, 0.05) is 11.4 Å². The van der Waals surface area contributed by atoms with Gasteiger partial charge in [-0.15, -0.1) is 0 Å². The smallest absolute Gasteiger partial charge is 0.335 e. The minimum absolute atomic E-state index is 0.256. The summed E-state index contributed by atoms with van der Waals surface area (Å²) in [5, 5.41) is 9.91. The molecule has 0 saturated heterocycles. The minimum atomic E-state index is -0.937. The van der Waals surface area contributed by atoms with E-state index in [1.807, 2.05) is 30.3 Å². The van der Waals surface area contributed by atoms with Crippen molar-refractivity contribution < 1.29 is 9.90 Å². The van der Waals surface area contributed by atoms with Crippen LogP contribution in [0.1, 0.15) is 41.5 Å². The largest absolute Gasteiger partial charge is 0.478 e. The van der Waals surface area contributed by atoms with E-state index in [4.69, 9.17) is 11.6 Å². The summed E-state index contributed by atoms with van der Waals surface area (Å²) in [6.07, 6.45) is 2.98. The molecule has 4 nitrogen and oxygen atoms in total. The molecule has 0 atom stereocenters. The Morgan fingerprint density at radius 2 is 2.04 bits per heavy atom. The summed E-state index contributed by atoms with van der Waals surface area (Å²) in [4.78, 5) is 15.9. The minimum Gasteiger partial charge on any atom is -0.478 e. The summed E-state index contributed by atoms with van der Waals surface area (Å²) in [6, 6.07) is 12.9. The van der Waals surface area contributed by atoms with E-state index in [0.717, 1.165) is 41.2 Å². The normalized spacial score (nSPS) is 11.1. The second-order valence-electron chi connectivity index (χ2n) is 5.82. The summed E-state index contributed by atoms with van der Waals surface area (Å²) in [5.74, 6) is 0.0296. The third-order valence-electron chi connectivity index (χ3n) is 4.11. The van der Waals surface area contributed by atoms with Gasteiger partial charge in [0.05, 0.1) is 23.1 Å². The highest BCUT2D eigenvalue weighted by Crippen LogP contribution is 2.23. The zero-order valence-corrected chi connectivity index (χ0v) is 14.3. The first kappa shape index (κ1) is 16.5. The highest BCUT2D eigenvalue weighted by Gasteiger charge is 2.14. The lowest BCUT2D eigenvalue weighted by molar-refractivity contribution is 0.0697. The maximum Gasteiger partial charge on any atom is 0.335 e. The molecule has 0 spiro atoms. The number of carbonyl (C=O) groups is 1. The van der Waals surface area contributed by atoms with E-state index in [1.165, 1.54) is 0 Å². The van der Waals surface area contributed by atoms with Crippen LogP contribution in [0.25, 0.3) is 11.0 Å². The van der Waals surface area contributed by atoms with Crippen molar-refractivity contribution in [2.45, 2.75) is 32.7 Å². The Bertz CT molecular complexity index is 886. The van der Waals surface area contributed by atoms with Crippen LogP contribution < -0.4 is 0 Å². The van der Waals surface area contributed by atoms with Crippen molar-refractivity contribution in [2.75, 3.05) is 0 Å². The Morgan fingerprint density at radius 1 is 1.25 bits per heavy atom. The highest BCUT2D eigenvalue weighted by atomic mass is 35.5. The number of hydrogen-bond donors (Lipinski definition) is 1. The number of rotatable bonds is 6. The van der Waals surface area contributed by atoms with E-state index < -0.39 is 5.97 Å². The summed E-state index contributed by atoms with van der Waals surface area (Å²) in [6.45, 7) is 2.77. The number of imidazole rings is 1. The van der Waals surface area contributed by atoms with E-state index in [-0.39, 0.29) is 5.56 Å². The van der Waals surface area contributed by atoms with Crippen LogP contribution >= 0.6 is 11.6 Å². The van der Waals surface area contributed by atoms with Crippen LogP contribution in [0.2, 0.25) is 5.02 Å². The third kappa shape index (κ3) is 3.29. The molecule has 124 valence electrons. The molecule has 1 aromatic heterocycles. The van der Waals surface area contributed by atoms with Crippen molar-refractivity contribution in [3.05, 3.63) is 64.4 Å². The zero-order valence-electron chi connectivity index (χ0n) is 13.5. The molecule has 24 heavy (non-hydrogen) atoms. The number of nitrogens with zero attached hydrogens (tertiary/aromatic N) is 2. The quantitative estimate of drug-likeness (QED) is 0.701. The maximum absolute atomic E-state index is 11.2. The average Bonchev–Trinajstić information content (AvgIpc) is 2.91. The van der Waals surface area contributed by atoms with Crippen LogP contribution in [0.5, 0.6) is 0 Å². The van der Waals surface area contributed by atoms with Gasteiger partial charge in [-0.2, -0.15) is 0 Å². The fraction of sp³-hybridized carbons (Fsp3) is 0.263. The van der Waals surface area contributed by atoms with Gasteiger partial charge in [0.2, 0.25) is 0 Å². The second kappa shape index (κ2) is 7.05. The monoisotopic (exact) mass is 342 g/mol. The van der Waals surface area contributed by atoms with Crippen LogP contribution in [-0.4, -0.2) is 20.6 Å². The Morgan fingerprint density at radius 3 is 2.75 bits per heavy atom. The molecule has 0 radical (unpaired) electrons. The van der Waals surface area contributed by atoms with Gasteiger partial charge in [-0.25, -0.2) is 9.78 Å². The van der Waals surface area contributed by atoms with E-state index in [1.54, 1.807) is 12.1 Å². The molecule has 1 N–H and O–H groups in total. The summed E-state index contributed by atoms with van der Waals surface area (Å²) in [7, 11) is 0. The molecule has 0 amide bonds. The fourth-order valence-corrected chi connectivity index (χ4v) is 3.01. The van der Waals surface area contributed by atoms with Crippen molar-refractivity contribution in [1.82, 2.24) is 9.55 Å². The number of halogens is 1. The molecule has 3 rings (SSSR count). The molecule has 0 fully saturated rings. The molecule has 0 aliphatic heterocycles. The molecule has 5 heteroatoms. The van der Waals surface area contributed by atoms with Crippen molar-refractivity contribution in [3.8, 4) is 0 Å².